The van der Waals surface area contributed by atoms with Gasteiger partial charge in [0.25, 0.3) is 5.91 Å². The fourth-order valence-corrected chi connectivity index (χ4v) is 4.23. The number of carbonyl (C=O) groups is 2. The number of methoxy groups -OCH3 is 2. The second kappa shape index (κ2) is 11.5. The summed E-state index contributed by atoms with van der Waals surface area (Å²) in [6.07, 6.45) is 0.111. The van der Waals surface area contributed by atoms with Gasteiger partial charge in [0.1, 0.15) is 0 Å². The lowest BCUT2D eigenvalue weighted by atomic mass is 10.1. The summed E-state index contributed by atoms with van der Waals surface area (Å²) < 4.78 is 10.4. The zero-order chi connectivity index (χ0) is 24.7. The minimum absolute atomic E-state index is 0.111. The van der Waals surface area contributed by atoms with E-state index in [9.17, 15) is 9.59 Å². The van der Waals surface area contributed by atoms with Crippen molar-refractivity contribution in [2.45, 2.75) is 27.2 Å². The Bertz CT molecular complexity index is 1160. The van der Waals surface area contributed by atoms with Gasteiger partial charge in [-0.3, -0.25) is 14.9 Å². The summed E-state index contributed by atoms with van der Waals surface area (Å²) in [7, 11) is 3.05. The second-order valence-corrected chi connectivity index (χ2v) is 8.42. The molecule has 0 unspecified atom stereocenters. The Morgan fingerprint density at radius 1 is 1.00 bits per heavy atom. The number of hydrogen-bond donors (Lipinski definition) is 2. The maximum Gasteiger partial charge on any atom is 0.257 e. The fourth-order valence-electron chi connectivity index (χ4n) is 3.52. The lowest BCUT2D eigenvalue weighted by molar-refractivity contribution is -0.115. The van der Waals surface area contributed by atoms with Gasteiger partial charge in [-0.1, -0.05) is 0 Å². The van der Waals surface area contributed by atoms with Crippen molar-refractivity contribution in [2.75, 3.05) is 42.8 Å². The molecule has 9 heteroatoms. The van der Waals surface area contributed by atoms with E-state index in [4.69, 9.17) is 9.47 Å². The minimum atomic E-state index is -0.324. The van der Waals surface area contributed by atoms with E-state index in [0.717, 1.165) is 30.0 Å². The highest BCUT2D eigenvalue weighted by atomic mass is 32.1. The van der Waals surface area contributed by atoms with Crippen LogP contribution in [0.3, 0.4) is 0 Å². The molecule has 2 N–H and O–H groups in total. The van der Waals surface area contributed by atoms with E-state index in [2.05, 4.69) is 40.4 Å². The number of amides is 2. The van der Waals surface area contributed by atoms with Gasteiger partial charge in [-0.15, -0.1) is 11.3 Å². The molecule has 3 aromatic rings. The van der Waals surface area contributed by atoms with Crippen LogP contribution >= 0.6 is 11.3 Å². The van der Waals surface area contributed by atoms with Crippen molar-refractivity contribution in [3.05, 3.63) is 58.6 Å². The predicted octanol–water partition coefficient (Wildman–Crippen LogP) is 4.75. The summed E-state index contributed by atoms with van der Waals surface area (Å²) in [4.78, 5) is 31.8. The molecule has 0 fully saturated rings. The van der Waals surface area contributed by atoms with Gasteiger partial charge in [0, 0.05) is 35.4 Å². The van der Waals surface area contributed by atoms with Crippen molar-refractivity contribution < 1.29 is 19.1 Å². The van der Waals surface area contributed by atoms with Crippen molar-refractivity contribution in [2.24, 2.45) is 0 Å². The van der Waals surface area contributed by atoms with Crippen LogP contribution < -0.4 is 25.0 Å². The summed E-state index contributed by atoms with van der Waals surface area (Å²) in [5.74, 6) is 0.517. The highest BCUT2D eigenvalue weighted by Gasteiger charge is 2.14. The molecule has 180 valence electrons. The molecule has 0 aliphatic rings. The van der Waals surface area contributed by atoms with E-state index in [-0.39, 0.29) is 18.2 Å². The third-order valence-corrected chi connectivity index (χ3v) is 6.18. The van der Waals surface area contributed by atoms with E-state index >= 15 is 0 Å². The van der Waals surface area contributed by atoms with Gasteiger partial charge in [-0.05, 0) is 62.7 Å². The second-order valence-electron chi connectivity index (χ2n) is 7.56. The lowest BCUT2D eigenvalue weighted by Gasteiger charge is -2.22. The van der Waals surface area contributed by atoms with Gasteiger partial charge in [0.05, 0.1) is 26.3 Å². The number of thiazole rings is 1. The zero-order valence-corrected chi connectivity index (χ0v) is 20.9. The number of aromatic nitrogens is 1. The number of anilines is 3. The number of aryl methyl sites for hydroxylation is 1. The van der Waals surface area contributed by atoms with Crippen LogP contribution in [0.25, 0.3) is 0 Å². The number of rotatable bonds is 10. The zero-order valence-electron chi connectivity index (χ0n) is 20.1. The largest absolute Gasteiger partial charge is 0.493 e. The maximum absolute atomic E-state index is 12.6. The quantitative estimate of drug-likeness (QED) is 0.433. The average Bonchev–Trinajstić information content (AvgIpc) is 3.27. The molecule has 0 atom stereocenters. The van der Waals surface area contributed by atoms with Crippen LogP contribution in [0.5, 0.6) is 11.5 Å². The molecule has 0 aliphatic carbocycles. The third-order valence-electron chi connectivity index (χ3n) is 5.37. The lowest BCUT2D eigenvalue weighted by Crippen LogP contribution is -2.22. The topological polar surface area (TPSA) is 92.8 Å². The van der Waals surface area contributed by atoms with Crippen LogP contribution in [0, 0.1) is 6.92 Å². The van der Waals surface area contributed by atoms with E-state index in [1.54, 1.807) is 23.6 Å². The van der Waals surface area contributed by atoms with E-state index in [1.807, 2.05) is 19.1 Å². The molecular formula is C25H30N4O4S. The number of carbonyl (C=O) groups excluding carboxylic acids is 2. The Balaban J connectivity index is 1.60. The summed E-state index contributed by atoms with van der Waals surface area (Å²) >= 11 is 1.27. The standard InChI is InChI=1S/C25H30N4O4S/c1-6-29(7-2)19-9-10-20(16(3)12-19)27-23(30)14-18-15-34-25(26-18)28-24(31)17-8-11-21(32-4)22(13-17)33-5/h8-13,15H,6-7,14H2,1-5H3,(H,27,30)(H,26,28,31). The van der Waals surface area contributed by atoms with Gasteiger partial charge in [0.15, 0.2) is 16.6 Å². The monoisotopic (exact) mass is 482 g/mol. The van der Waals surface area contributed by atoms with E-state index < -0.39 is 0 Å². The smallest absolute Gasteiger partial charge is 0.257 e. The molecular weight excluding hydrogens is 452 g/mol. The SMILES string of the molecule is CCN(CC)c1ccc(NC(=O)Cc2csc(NC(=O)c3ccc(OC)c(OC)c3)n2)c(C)c1. The van der Waals surface area contributed by atoms with Crippen LogP contribution in [-0.4, -0.2) is 44.1 Å². The molecule has 8 nitrogen and oxygen atoms in total. The summed E-state index contributed by atoms with van der Waals surface area (Å²) in [6.45, 7) is 8.07. The Morgan fingerprint density at radius 3 is 2.38 bits per heavy atom. The number of hydrogen-bond acceptors (Lipinski definition) is 7. The van der Waals surface area contributed by atoms with Crippen molar-refractivity contribution in [1.82, 2.24) is 4.98 Å². The van der Waals surface area contributed by atoms with Crippen molar-refractivity contribution in [3.8, 4) is 11.5 Å². The fraction of sp³-hybridized carbons (Fsp3) is 0.320. The third kappa shape index (κ3) is 6.05. The number of benzene rings is 2. The molecule has 0 saturated heterocycles. The van der Waals surface area contributed by atoms with Gasteiger partial charge in [0.2, 0.25) is 5.91 Å². The van der Waals surface area contributed by atoms with Crippen molar-refractivity contribution in [1.29, 1.82) is 0 Å². The molecule has 1 aromatic heterocycles. The first-order chi connectivity index (χ1) is 16.4. The Kier molecular flexibility index (Phi) is 8.48. The van der Waals surface area contributed by atoms with Gasteiger partial charge >= 0.3 is 0 Å². The van der Waals surface area contributed by atoms with Crippen molar-refractivity contribution >= 4 is 39.7 Å². The van der Waals surface area contributed by atoms with Crippen LogP contribution in [0.4, 0.5) is 16.5 Å². The summed E-state index contributed by atoms with van der Waals surface area (Å²) in [6, 6.07) is 10.9. The van der Waals surface area contributed by atoms with Crippen molar-refractivity contribution in [3.63, 3.8) is 0 Å². The minimum Gasteiger partial charge on any atom is -0.493 e. The molecule has 2 aromatic carbocycles. The van der Waals surface area contributed by atoms with Gasteiger partial charge < -0.3 is 19.7 Å². The van der Waals surface area contributed by atoms with E-state index in [0.29, 0.717) is 27.9 Å². The molecule has 0 aliphatic heterocycles. The molecule has 0 saturated carbocycles. The predicted molar refractivity (Wildman–Crippen MR) is 137 cm³/mol. The molecule has 2 amide bonds. The first-order valence-corrected chi connectivity index (χ1v) is 11.9. The summed E-state index contributed by atoms with van der Waals surface area (Å²) in [5.41, 5.74) is 3.91. The molecule has 0 radical (unpaired) electrons. The van der Waals surface area contributed by atoms with E-state index in [1.165, 1.54) is 25.6 Å². The molecule has 0 spiro atoms. The highest BCUT2D eigenvalue weighted by molar-refractivity contribution is 7.14. The molecule has 1 heterocycles. The molecule has 3 rings (SSSR count). The average molecular weight is 483 g/mol. The molecule has 34 heavy (non-hydrogen) atoms. The number of nitrogens with zero attached hydrogens (tertiary/aromatic N) is 2. The number of nitrogens with one attached hydrogen (secondary N) is 2. The van der Waals surface area contributed by atoms with Crippen LogP contribution in [-0.2, 0) is 11.2 Å². The Hall–Kier alpha value is -3.59. The first kappa shape index (κ1) is 25.0. The number of ether oxygens (including phenoxy) is 2. The summed E-state index contributed by atoms with van der Waals surface area (Å²) in [5, 5.41) is 7.90. The maximum atomic E-state index is 12.6. The van der Waals surface area contributed by atoms with Crippen LogP contribution in [0.15, 0.2) is 41.8 Å². The van der Waals surface area contributed by atoms with Gasteiger partial charge in [-0.2, -0.15) is 0 Å². The van der Waals surface area contributed by atoms with Crippen LogP contribution in [0.1, 0.15) is 35.5 Å². The highest BCUT2D eigenvalue weighted by Crippen LogP contribution is 2.28. The normalized spacial score (nSPS) is 10.5. The Labute approximate surface area is 203 Å². The van der Waals surface area contributed by atoms with Crippen LogP contribution in [0.2, 0.25) is 0 Å². The Morgan fingerprint density at radius 2 is 1.74 bits per heavy atom. The molecule has 0 bridgehead atoms. The van der Waals surface area contributed by atoms with Gasteiger partial charge in [-0.25, -0.2) is 4.98 Å². The first-order valence-electron chi connectivity index (χ1n) is 11.0.